The number of nitrogen functional groups attached to an aromatic ring is 1. The predicted molar refractivity (Wildman–Crippen MR) is 130 cm³/mol. The summed E-state index contributed by atoms with van der Waals surface area (Å²) in [5.74, 6) is 2.48. The fourth-order valence-electron chi connectivity index (χ4n) is 3.71. The fraction of sp³-hybridized carbons (Fsp3) is 0.522. The van der Waals surface area contributed by atoms with E-state index in [0.717, 1.165) is 49.1 Å². The van der Waals surface area contributed by atoms with Gasteiger partial charge < -0.3 is 16.0 Å². The molecular formula is C23H33N7S. The van der Waals surface area contributed by atoms with Gasteiger partial charge in [0.2, 0.25) is 0 Å². The topological polar surface area (TPSA) is 95.3 Å². The third-order valence-corrected chi connectivity index (χ3v) is 6.57. The number of aromatic nitrogens is 2. The Morgan fingerprint density at radius 3 is 2.74 bits per heavy atom. The van der Waals surface area contributed by atoms with Crippen LogP contribution < -0.4 is 11.1 Å². The molecule has 0 atom stereocenters. The van der Waals surface area contributed by atoms with Gasteiger partial charge in [0, 0.05) is 36.7 Å². The van der Waals surface area contributed by atoms with E-state index in [4.69, 9.17) is 10.7 Å². The van der Waals surface area contributed by atoms with Gasteiger partial charge in [0.25, 0.3) is 0 Å². The molecule has 7 nitrogen and oxygen atoms in total. The van der Waals surface area contributed by atoms with Crippen molar-refractivity contribution in [2.75, 3.05) is 37.7 Å². The van der Waals surface area contributed by atoms with Gasteiger partial charge in [-0.25, -0.2) is 4.68 Å². The lowest BCUT2D eigenvalue weighted by molar-refractivity contribution is 0.376. The molecule has 0 radical (unpaired) electrons. The van der Waals surface area contributed by atoms with Crippen molar-refractivity contribution >= 4 is 23.5 Å². The zero-order chi connectivity index (χ0) is 22.4. The number of aliphatic imine (C=N–C) groups is 1. The molecule has 31 heavy (non-hydrogen) atoms. The molecule has 1 aromatic heterocycles. The van der Waals surface area contributed by atoms with Crippen molar-refractivity contribution in [3.63, 3.8) is 0 Å². The van der Waals surface area contributed by atoms with Crippen molar-refractivity contribution in [3.05, 3.63) is 41.1 Å². The van der Waals surface area contributed by atoms with Crippen LogP contribution in [-0.4, -0.2) is 57.3 Å². The van der Waals surface area contributed by atoms with Gasteiger partial charge in [-0.05, 0) is 52.7 Å². The molecule has 0 spiro atoms. The second kappa shape index (κ2) is 10.1. The van der Waals surface area contributed by atoms with Crippen molar-refractivity contribution in [3.8, 4) is 11.8 Å². The third-order valence-electron chi connectivity index (χ3n) is 5.28. The van der Waals surface area contributed by atoms with Crippen LogP contribution in [0.5, 0.6) is 0 Å². The number of nitrogens with zero attached hydrogens (tertiary/aromatic N) is 5. The number of thioether (sulfide) groups is 1. The molecule has 0 bridgehead atoms. The highest BCUT2D eigenvalue weighted by molar-refractivity contribution is 8.00. The summed E-state index contributed by atoms with van der Waals surface area (Å²) in [6.45, 7) is 12.2. The average Bonchev–Trinajstić information content (AvgIpc) is 3.05. The number of nitrogens with one attached hydrogen (secondary N) is 1. The van der Waals surface area contributed by atoms with Crippen LogP contribution in [-0.2, 0) is 6.42 Å². The number of guanidine groups is 1. The van der Waals surface area contributed by atoms with Gasteiger partial charge in [-0.1, -0.05) is 17.7 Å². The molecular weight excluding hydrogens is 406 g/mol. The Morgan fingerprint density at radius 1 is 1.35 bits per heavy atom. The summed E-state index contributed by atoms with van der Waals surface area (Å²) in [6.07, 6.45) is 1.47. The largest absolute Gasteiger partial charge is 0.382 e. The molecule has 1 aromatic carbocycles. The van der Waals surface area contributed by atoms with Crippen molar-refractivity contribution < 1.29 is 0 Å². The molecule has 2 aromatic rings. The second-order valence-electron chi connectivity index (χ2n) is 8.44. The van der Waals surface area contributed by atoms with Gasteiger partial charge >= 0.3 is 0 Å². The number of hydrogen-bond donors (Lipinski definition) is 2. The molecule has 0 aliphatic carbocycles. The molecule has 3 N–H and O–H groups in total. The fourth-order valence-corrected chi connectivity index (χ4v) is 4.82. The Morgan fingerprint density at radius 2 is 2.10 bits per heavy atom. The summed E-state index contributed by atoms with van der Waals surface area (Å²) in [7, 11) is 0. The molecule has 0 saturated carbocycles. The molecule has 0 unspecified atom stereocenters. The molecule has 2 heterocycles. The van der Waals surface area contributed by atoms with E-state index in [9.17, 15) is 5.26 Å². The Hall–Kier alpha value is -2.66. The SMILES string of the molecule is CCNC(=NCCCc1nn(-c2ccc(C)cc2)c(N)c1C#N)N1CCSC(C)(C)C1. The van der Waals surface area contributed by atoms with Crippen LogP contribution in [0.25, 0.3) is 5.69 Å². The van der Waals surface area contributed by atoms with E-state index in [1.54, 1.807) is 4.68 Å². The minimum Gasteiger partial charge on any atom is -0.382 e. The Kier molecular flexibility index (Phi) is 7.50. The van der Waals surface area contributed by atoms with Gasteiger partial charge in [0.15, 0.2) is 5.96 Å². The lowest BCUT2D eigenvalue weighted by atomic mass is 10.1. The van der Waals surface area contributed by atoms with Crippen LogP contribution >= 0.6 is 11.8 Å². The summed E-state index contributed by atoms with van der Waals surface area (Å²) in [5.41, 5.74) is 9.46. The Balaban J connectivity index is 1.68. The first-order chi connectivity index (χ1) is 14.8. The van der Waals surface area contributed by atoms with Gasteiger partial charge in [-0.15, -0.1) is 0 Å². The zero-order valence-electron chi connectivity index (χ0n) is 19.0. The van der Waals surface area contributed by atoms with Gasteiger partial charge in [0.1, 0.15) is 17.5 Å². The van der Waals surface area contributed by atoms with E-state index in [1.807, 2.05) is 43.0 Å². The number of nitrogens with two attached hydrogens (primary N) is 1. The lowest BCUT2D eigenvalue weighted by Gasteiger charge is -2.39. The van der Waals surface area contributed by atoms with Crippen LogP contribution in [0.1, 0.15) is 44.0 Å². The number of anilines is 1. The van der Waals surface area contributed by atoms with E-state index in [2.05, 4.69) is 42.2 Å². The standard InChI is InChI=1S/C23H33N7S/c1-5-26-22(29-13-14-31-23(3,4)16-29)27-12-6-7-20-19(15-24)21(25)30(28-20)18-10-8-17(2)9-11-18/h8-11H,5-7,12-14,16,25H2,1-4H3,(H,26,27). The second-order valence-corrected chi connectivity index (χ2v) is 10.2. The summed E-state index contributed by atoms with van der Waals surface area (Å²) < 4.78 is 1.89. The summed E-state index contributed by atoms with van der Waals surface area (Å²) >= 11 is 2.01. The number of rotatable bonds is 6. The highest BCUT2D eigenvalue weighted by Gasteiger charge is 2.28. The molecule has 1 saturated heterocycles. The first-order valence-electron chi connectivity index (χ1n) is 10.9. The van der Waals surface area contributed by atoms with Crippen molar-refractivity contribution in [2.45, 2.75) is 45.3 Å². The number of nitriles is 1. The van der Waals surface area contributed by atoms with E-state index in [-0.39, 0.29) is 4.75 Å². The first kappa shape index (κ1) is 23.0. The zero-order valence-corrected chi connectivity index (χ0v) is 19.8. The first-order valence-corrected chi connectivity index (χ1v) is 11.8. The lowest BCUT2D eigenvalue weighted by Crippen LogP contribution is -2.51. The normalized spacial score (nSPS) is 16.2. The van der Waals surface area contributed by atoms with Crippen molar-refractivity contribution in [2.24, 2.45) is 4.99 Å². The van der Waals surface area contributed by atoms with Crippen LogP contribution in [0.15, 0.2) is 29.3 Å². The molecule has 166 valence electrons. The number of aryl methyl sites for hydroxylation is 2. The van der Waals surface area contributed by atoms with Gasteiger partial charge in [-0.2, -0.15) is 22.1 Å². The van der Waals surface area contributed by atoms with E-state index >= 15 is 0 Å². The molecule has 1 aliphatic rings. The van der Waals surface area contributed by atoms with E-state index in [0.29, 0.717) is 24.3 Å². The molecule has 8 heteroatoms. The smallest absolute Gasteiger partial charge is 0.193 e. The maximum Gasteiger partial charge on any atom is 0.193 e. The van der Waals surface area contributed by atoms with Crippen molar-refractivity contribution in [1.82, 2.24) is 20.0 Å². The maximum absolute atomic E-state index is 9.61. The molecule has 3 rings (SSSR count). The minimum absolute atomic E-state index is 0.233. The van der Waals surface area contributed by atoms with Crippen molar-refractivity contribution in [1.29, 1.82) is 5.26 Å². The minimum atomic E-state index is 0.233. The molecule has 0 amide bonds. The third kappa shape index (κ3) is 5.73. The highest BCUT2D eigenvalue weighted by atomic mass is 32.2. The van der Waals surface area contributed by atoms with Crippen LogP contribution in [0.2, 0.25) is 0 Å². The maximum atomic E-state index is 9.61. The van der Waals surface area contributed by atoms with E-state index in [1.165, 1.54) is 5.56 Å². The number of benzene rings is 1. The summed E-state index contributed by atoms with van der Waals surface area (Å²) in [5, 5.41) is 17.7. The van der Waals surface area contributed by atoms with Crippen LogP contribution in [0, 0.1) is 18.3 Å². The summed E-state index contributed by atoms with van der Waals surface area (Å²) in [6, 6.07) is 10.2. The van der Waals surface area contributed by atoms with Crippen LogP contribution in [0.4, 0.5) is 5.82 Å². The average molecular weight is 440 g/mol. The number of hydrogen-bond acceptors (Lipinski definition) is 5. The van der Waals surface area contributed by atoms with E-state index < -0.39 is 0 Å². The predicted octanol–water partition coefficient (Wildman–Crippen LogP) is 3.36. The quantitative estimate of drug-likeness (QED) is 0.407. The highest BCUT2D eigenvalue weighted by Crippen LogP contribution is 2.29. The monoisotopic (exact) mass is 439 g/mol. The Bertz CT molecular complexity index is 954. The van der Waals surface area contributed by atoms with Crippen LogP contribution in [0.3, 0.4) is 0 Å². The summed E-state index contributed by atoms with van der Waals surface area (Å²) in [4.78, 5) is 7.20. The van der Waals surface area contributed by atoms with Gasteiger partial charge in [-0.3, -0.25) is 4.99 Å². The molecule has 1 fully saturated rings. The Labute approximate surface area is 189 Å². The molecule has 1 aliphatic heterocycles. The van der Waals surface area contributed by atoms with Gasteiger partial charge in [0.05, 0.1) is 11.4 Å².